The number of unbranched alkanes of at least 4 members (excludes halogenated alkanes) is 1. The minimum absolute atomic E-state index is 0.0475. The van der Waals surface area contributed by atoms with Crippen LogP contribution in [0.1, 0.15) is 56.6 Å². The number of nitrogens with zero attached hydrogens (tertiary/aromatic N) is 2. The summed E-state index contributed by atoms with van der Waals surface area (Å²) >= 11 is 0. The number of aliphatic imine (C=N–C) groups is 1. The number of aromatic nitrogens is 1. The molecule has 0 aliphatic rings. The minimum atomic E-state index is 0.0475. The monoisotopic (exact) mass is 284 g/mol. The molecule has 3 nitrogen and oxygen atoms in total. The van der Waals surface area contributed by atoms with Crippen LogP contribution in [0.2, 0.25) is 0 Å². The van der Waals surface area contributed by atoms with Crippen molar-refractivity contribution in [2.75, 3.05) is 0 Å². The molecule has 0 radical (unpaired) electrons. The summed E-state index contributed by atoms with van der Waals surface area (Å²) < 4.78 is 1.91. The van der Waals surface area contributed by atoms with Gasteiger partial charge < -0.3 is 4.40 Å². The van der Waals surface area contributed by atoms with Gasteiger partial charge in [0.05, 0.1) is 16.9 Å². The first-order valence-electron chi connectivity index (χ1n) is 7.47. The molecule has 0 aliphatic carbocycles. The Labute approximate surface area is 127 Å². The average molecular weight is 284 g/mol. The first-order valence-corrected chi connectivity index (χ1v) is 7.47. The number of Topliss-reactive ketones (excluding diaryl/α,β-unsaturated/α-hetero) is 1. The molecular weight excluding hydrogens is 260 g/mol. The van der Waals surface area contributed by atoms with Gasteiger partial charge in [0, 0.05) is 18.7 Å². The molecule has 0 spiro atoms. The van der Waals surface area contributed by atoms with Gasteiger partial charge in [-0.25, -0.2) is 0 Å². The number of pyridine rings is 1. The van der Waals surface area contributed by atoms with Crippen LogP contribution < -0.4 is 0 Å². The molecule has 0 amide bonds. The van der Waals surface area contributed by atoms with E-state index < -0.39 is 0 Å². The summed E-state index contributed by atoms with van der Waals surface area (Å²) in [6.45, 7) is 11.3. The fraction of sp³-hybridized carbons (Fsp3) is 0.333. The molecule has 0 bridgehead atoms. The van der Waals surface area contributed by atoms with E-state index in [0.29, 0.717) is 5.69 Å². The highest BCUT2D eigenvalue weighted by Gasteiger charge is 2.13. The maximum absolute atomic E-state index is 11.7. The second-order valence-corrected chi connectivity index (χ2v) is 4.49. The van der Waals surface area contributed by atoms with E-state index in [0.717, 1.165) is 29.6 Å². The zero-order chi connectivity index (χ0) is 15.8. The summed E-state index contributed by atoms with van der Waals surface area (Å²) in [5.41, 5.74) is 3.48. The lowest BCUT2D eigenvalue weighted by Crippen LogP contribution is -1.96. The lowest BCUT2D eigenvalue weighted by atomic mass is 10.1. The number of ketones is 1. The third-order valence-electron chi connectivity index (χ3n) is 3.11. The highest BCUT2D eigenvalue weighted by molar-refractivity contribution is 5.96. The summed E-state index contributed by atoms with van der Waals surface area (Å²) in [6, 6.07) is 7.77. The van der Waals surface area contributed by atoms with Crippen molar-refractivity contribution in [2.45, 2.75) is 40.5 Å². The van der Waals surface area contributed by atoms with Gasteiger partial charge in [0.15, 0.2) is 5.78 Å². The van der Waals surface area contributed by atoms with Crippen molar-refractivity contribution in [1.82, 2.24) is 4.40 Å². The van der Waals surface area contributed by atoms with E-state index in [1.165, 1.54) is 0 Å². The van der Waals surface area contributed by atoms with Crippen molar-refractivity contribution in [1.29, 1.82) is 0 Å². The van der Waals surface area contributed by atoms with Crippen molar-refractivity contribution in [3.63, 3.8) is 0 Å². The maximum Gasteiger partial charge on any atom is 0.176 e. The molecule has 0 saturated carbocycles. The Bertz CT molecular complexity index is 650. The quantitative estimate of drug-likeness (QED) is 0.561. The molecule has 2 heterocycles. The summed E-state index contributed by atoms with van der Waals surface area (Å²) in [5, 5.41) is 0. The number of hydrogen-bond acceptors (Lipinski definition) is 2. The van der Waals surface area contributed by atoms with Gasteiger partial charge in [-0.3, -0.25) is 9.79 Å². The third kappa shape index (κ3) is 3.69. The molecule has 0 atom stereocenters. The van der Waals surface area contributed by atoms with E-state index in [2.05, 4.69) is 24.7 Å². The van der Waals surface area contributed by atoms with Gasteiger partial charge in [-0.05, 0) is 31.3 Å². The molecule has 0 N–H and O–H groups in total. The maximum atomic E-state index is 11.7. The summed E-state index contributed by atoms with van der Waals surface area (Å²) in [7, 11) is 0. The molecule has 3 heteroatoms. The van der Waals surface area contributed by atoms with Crippen LogP contribution >= 0.6 is 0 Å². The van der Waals surface area contributed by atoms with Gasteiger partial charge >= 0.3 is 0 Å². The van der Waals surface area contributed by atoms with Crippen LogP contribution in [0.15, 0.2) is 41.5 Å². The highest BCUT2D eigenvalue weighted by atomic mass is 16.1. The lowest BCUT2D eigenvalue weighted by Gasteiger charge is -2.01. The molecule has 112 valence electrons. The summed E-state index contributed by atoms with van der Waals surface area (Å²) in [5.74, 6) is 0.0475. The Kier molecular flexibility index (Phi) is 6.60. The number of carbonyl (C=O) groups is 1. The largest absolute Gasteiger partial charge is 0.313 e. The zero-order valence-corrected chi connectivity index (χ0v) is 13.4. The number of hydrogen-bond donors (Lipinski definition) is 0. The van der Waals surface area contributed by atoms with Gasteiger partial charge in [0.1, 0.15) is 0 Å². The van der Waals surface area contributed by atoms with Crippen LogP contribution in [0.25, 0.3) is 11.2 Å². The van der Waals surface area contributed by atoms with E-state index in [1.54, 1.807) is 6.92 Å². The number of allylic oxidation sites excluding steroid dienone is 1. The molecule has 0 unspecified atom stereocenters. The Hall–Kier alpha value is -2.16. The van der Waals surface area contributed by atoms with E-state index in [4.69, 9.17) is 0 Å². The first kappa shape index (κ1) is 16.9. The SMILES string of the molecule is C=N/C(=C\CCC)c1cc(C(C)=O)n2ccccc12.CC. The van der Waals surface area contributed by atoms with Crippen molar-refractivity contribution in [3.8, 4) is 0 Å². The number of fused-ring (bicyclic) bond motifs is 1. The van der Waals surface area contributed by atoms with Gasteiger partial charge in [-0.2, -0.15) is 0 Å². The second-order valence-electron chi connectivity index (χ2n) is 4.49. The normalized spacial score (nSPS) is 11.0. The smallest absolute Gasteiger partial charge is 0.176 e. The third-order valence-corrected chi connectivity index (χ3v) is 3.11. The zero-order valence-electron chi connectivity index (χ0n) is 13.4. The average Bonchev–Trinajstić information content (AvgIpc) is 2.90. The van der Waals surface area contributed by atoms with Crippen LogP contribution in [-0.4, -0.2) is 16.9 Å². The first-order chi connectivity index (χ1) is 10.2. The number of rotatable bonds is 5. The Morgan fingerprint density at radius 1 is 1.38 bits per heavy atom. The molecule has 0 saturated heterocycles. The van der Waals surface area contributed by atoms with Crippen LogP contribution in [0.3, 0.4) is 0 Å². The summed E-state index contributed by atoms with van der Waals surface area (Å²) in [6.07, 6.45) is 5.98. The lowest BCUT2D eigenvalue weighted by molar-refractivity contribution is 0.101. The predicted octanol–water partition coefficient (Wildman–Crippen LogP) is 5.01. The standard InChI is InChI=1S/C16H18N2O.C2H6/c1-4-5-8-14(17-3)13-11-16(12(2)19)18-10-7-6-9-15(13)18;1-2/h6-11H,3-5H2,1-2H3;1-2H3/b14-8-;. The van der Waals surface area contributed by atoms with Crippen LogP contribution in [0.5, 0.6) is 0 Å². The van der Waals surface area contributed by atoms with Gasteiger partial charge in [0.25, 0.3) is 0 Å². The van der Waals surface area contributed by atoms with Gasteiger partial charge in [0.2, 0.25) is 0 Å². The van der Waals surface area contributed by atoms with Crippen LogP contribution in [-0.2, 0) is 0 Å². The fourth-order valence-corrected chi connectivity index (χ4v) is 2.17. The van der Waals surface area contributed by atoms with E-state index in [9.17, 15) is 4.79 Å². The van der Waals surface area contributed by atoms with Crippen molar-refractivity contribution < 1.29 is 4.79 Å². The number of carbonyl (C=O) groups excluding carboxylic acids is 1. The van der Waals surface area contributed by atoms with Gasteiger partial charge in [-0.1, -0.05) is 39.3 Å². The van der Waals surface area contributed by atoms with E-state index >= 15 is 0 Å². The molecule has 2 aromatic rings. The molecule has 2 aromatic heterocycles. The Morgan fingerprint density at radius 2 is 2.10 bits per heavy atom. The Morgan fingerprint density at radius 3 is 2.67 bits per heavy atom. The minimum Gasteiger partial charge on any atom is -0.313 e. The Balaban J connectivity index is 0.00000106. The highest BCUT2D eigenvalue weighted by Crippen LogP contribution is 2.26. The fourth-order valence-electron chi connectivity index (χ4n) is 2.17. The topological polar surface area (TPSA) is 33.8 Å². The van der Waals surface area contributed by atoms with Crippen molar-refractivity contribution in [3.05, 3.63) is 47.8 Å². The van der Waals surface area contributed by atoms with E-state index in [-0.39, 0.29) is 5.78 Å². The van der Waals surface area contributed by atoms with Crippen molar-refractivity contribution in [2.24, 2.45) is 4.99 Å². The molecule has 21 heavy (non-hydrogen) atoms. The van der Waals surface area contributed by atoms with Crippen LogP contribution in [0, 0.1) is 0 Å². The molecule has 0 aromatic carbocycles. The molecule has 2 rings (SSSR count). The van der Waals surface area contributed by atoms with E-state index in [1.807, 2.05) is 48.7 Å². The van der Waals surface area contributed by atoms with Gasteiger partial charge in [-0.15, -0.1) is 0 Å². The molecular formula is C18H24N2O. The van der Waals surface area contributed by atoms with Crippen molar-refractivity contribution >= 4 is 23.7 Å². The molecule has 0 fully saturated rings. The second kappa shape index (κ2) is 8.20. The predicted molar refractivity (Wildman–Crippen MR) is 91.2 cm³/mol. The summed E-state index contributed by atoms with van der Waals surface area (Å²) in [4.78, 5) is 15.8. The van der Waals surface area contributed by atoms with Crippen LogP contribution in [0.4, 0.5) is 0 Å². The molecule has 0 aliphatic heterocycles.